The van der Waals surface area contributed by atoms with Crippen LogP contribution in [0.3, 0.4) is 0 Å². The lowest BCUT2D eigenvalue weighted by molar-refractivity contribution is -0.125. The summed E-state index contributed by atoms with van der Waals surface area (Å²) in [6.45, 7) is 4.25. The highest BCUT2D eigenvalue weighted by molar-refractivity contribution is 4.71. The first kappa shape index (κ1) is 12.7. The summed E-state index contributed by atoms with van der Waals surface area (Å²) in [4.78, 5) is 2.13. The van der Waals surface area contributed by atoms with Gasteiger partial charge in [0.25, 0.3) is 0 Å². The van der Waals surface area contributed by atoms with E-state index in [2.05, 4.69) is 10.2 Å². The minimum absolute atomic E-state index is 0.298. The second-order valence-corrected chi connectivity index (χ2v) is 3.75. The van der Waals surface area contributed by atoms with E-state index in [0.717, 1.165) is 6.54 Å². The van der Waals surface area contributed by atoms with Gasteiger partial charge in [-0.25, -0.2) is 0 Å². The summed E-state index contributed by atoms with van der Waals surface area (Å²) in [6, 6.07) is 0.298. The topological polar surface area (TPSA) is 24.5 Å². The van der Waals surface area contributed by atoms with E-state index >= 15 is 0 Å². The summed E-state index contributed by atoms with van der Waals surface area (Å²) in [5.74, 6) is 0. The van der Waals surface area contributed by atoms with Crippen LogP contribution in [0.5, 0.6) is 0 Å². The molecular formula is C9H17F3N2O. The average molecular weight is 226 g/mol. The van der Waals surface area contributed by atoms with E-state index in [0.29, 0.717) is 32.3 Å². The van der Waals surface area contributed by atoms with Crippen molar-refractivity contribution in [2.24, 2.45) is 0 Å². The van der Waals surface area contributed by atoms with Crippen LogP contribution in [0.4, 0.5) is 13.2 Å². The van der Waals surface area contributed by atoms with Gasteiger partial charge in [-0.2, -0.15) is 13.2 Å². The van der Waals surface area contributed by atoms with Gasteiger partial charge >= 0.3 is 6.18 Å². The average Bonchev–Trinajstić information content (AvgIpc) is 2.13. The van der Waals surface area contributed by atoms with Crippen molar-refractivity contribution in [1.82, 2.24) is 10.2 Å². The summed E-state index contributed by atoms with van der Waals surface area (Å²) >= 11 is 0. The first-order valence-electron chi connectivity index (χ1n) is 5.08. The third-order valence-electron chi connectivity index (χ3n) is 2.41. The largest absolute Gasteiger partial charge is 0.401 e. The van der Waals surface area contributed by atoms with Crippen LogP contribution < -0.4 is 5.32 Å². The number of alkyl halides is 3. The molecule has 1 fully saturated rings. The van der Waals surface area contributed by atoms with Crippen LogP contribution in [0.2, 0.25) is 0 Å². The molecule has 1 heterocycles. The molecule has 90 valence electrons. The van der Waals surface area contributed by atoms with Crippen molar-refractivity contribution >= 4 is 0 Å². The number of morpholine rings is 1. The molecule has 1 rings (SSSR count). The van der Waals surface area contributed by atoms with E-state index in [1.165, 1.54) is 0 Å². The highest BCUT2D eigenvalue weighted by Gasteiger charge is 2.26. The Bertz CT molecular complexity index is 187. The van der Waals surface area contributed by atoms with E-state index < -0.39 is 12.7 Å². The summed E-state index contributed by atoms with van der Waals surface area (Å²) < 4.78 is 40.6. The normalized spacial score (nSPS) is 24.4. The molecular weight excluding hydrogens is 209 g/mol. The number of nitrogens with zero attached hydrogens (tertiary/aromatic N) is 1. The molecule has 0 amide bonds. The third kappa shape index (κ3) is 5.34. The maximum absolute atomic E-state index is 11.8. The van der Waals surface area contributed by atoms with Gasteiger partial charge in [-0.05, 0) is 6.92 Å². The van der Waals surface area contributed by atoms with E-state index in [9.17, 15) is 13.2 Å². The second kappa shape index (κ2) is 5.67. The minimum atomic E-state index is -4.11. The molecule has 0 saturated carbocycles. The van der Waals surface area contributed by atoms with Gasteiger partial charge in [0.15, 0.2) is 0 Å². The first-order chi connectivity index (χ1) is 6.99. The summed E-state index contributed by atoms with van der Waals surface area (Å²) in [7, 11) is 0. The van der Waals surface area contributed by atoms with E-state index in [-0.39, 0.29) is 0 Å². The zero-order valence-corrected chi connectivity index (χ0v) is 8.81. The first-order valence-corrected chi connectivity index (χ1v) is 5.08. The number of rotatable bonds is 4. The van der Waals surface area contributed by atoms with Crippen LogP contribution in [-0.2, 0) is 4.74 Å². The molecule has 0 aliphatic carbocycles. The molecule has 0 aromatic rings. The summed E-state index contributed by atoms with van der Waals surface area (Å²) in [6.07, 6.45) is -4.11. The molecule has 3 nitrogen and oxygen atoms in total. The van der Waals surface area contributed by atoms with Crippen molar-refractivity contribution < 1.29 is 17.9 Å². The summed E-state index contributed by atoms with van der Waals surface area (Å²) in [5.41, 5.74) is 0. The van der Waals surface area contributed by atoms with Crippen molar-refractivity contribution in [1.29, 1.82) is 0 Å². The van der Waals surface area contributed by atoms with Crippen LogP contribution >= 0.6 is 0 Å². The SMILES string of the molecule is CC1COCCN1CCNCC(F)(F)F. The summed E-state index contributed by atoms with van der Waals surface area (Å²) in [5, 5.41) is 2.39. The molecule has 0 spiro atoms. The molecule has 0 aromatic heterocycles. The Morgan fingerprint density at radius 1 is 1.47 bits per heavy atom. The Morgan fingerprint density at radius 3 is 2.80 bits per heavy atom. The monoisotopic (exact) mass is 226 g/mol. The minimum Gasteiger partial charge on any atom is -0.379 e. The fraction of sp³-hybridized carbons (Fsp3) is 1.00. The molecule has 15 heavy (non-hydrogen) atoms. The van der Waals surface area contributed by atoms with Crippen LogP contribution in [0, 0.1) is 0 Å². The maximum atomic E-state index is 11.8. The Labute approximate surface area is 87.6 Å². The van der Waals surface area contributed by atoms with Gasteiger partial charge in [-0.3, -0.25) is 4.90 Å². The Kier molecular flexibility index (Phi) is 4.82. The van der Waals surface area contributed by atoms with Crippen LogP contribution in [-0.4, -0.2) is 56.5 Å². The smallest absolute Gasteiger partial charge is 0.379 e. The zero-order chi connectivity index (χ0) is 11.3. The zero-order valence-electron chi connectivity index (χ0n) is 8.81. The van der Waals surface area contributed by atoms with Crippen molar-refractivity contribution in [2.45, 2.75) is 19.1 Å². The molecule has 6 heteroatoms. The molecule has 1 unspecified atom stereocenters. The lowest BCUT2D eigenvalue weighted by atomic mass is 10.2. The molecule has 1 atom stereocenters. The van der Waals surface area contributed by atoms with Crippen LogP contribution in [0.1, 0.15) is 6.92 Å². The van der Waals surface area contributed by atoms with E-state index in [4.69, 9.17) is 4.74 Å². The predicted molar refractivity (Wildman–Crippen MR) is 50.8 cm³/mol. The van der Waals surface area contributed by atoms with Gasteiger partial charge in [0.2, 0.25) is 0 Å². The molecule has 0 radical (unpaired) electrons. The van der Waals surface area contributed by atoms with Crippen molar-refractivity contribution in [2.75, 3.05) is 39.4 Å². The van der Waals surface area contributed by atoms with E-state index in [1.54, 1.807) is 0 Å². The maximum Gasteiger partial charge on any atom is 0.401 e. The molecule has 0 bridgehead atoms. The number of halogens is 3. The number of nitrogens with one attached hydrogen (secondary N) is 1. The van der Waals surface area contributed by atoms with Gasteiger partial charge in [0.1, 0.15) is 0 Å². The van der Waals surface area contributed by atoms with Gasteiger partial charge in [-0.15, -0.1) is 0 Å². The fourth-order valence-electron chi connectivity index (χ4n) is 1.55. The van der Waals surface area contributed by atoms with Gasteiger partial charge in [0.05, 0.1) is 19.8 Å². The van der Waals surface area contributed by atoms with Crippen molar-refractivity contribution in [3.05, 3.63) is 0 Å². The Balaban J connectivity index is 2.08. The second-order valence-electron chi connectivity index (χ2n) is 3.75. The Hall–Kier alpha value is -0.330. The lowest BCUT2D eigenvalue weighted by Crippen LogP contribution is -2.47. The highest BCUT2D eigenvalue weighted by atomic mass is 19.4. The molecule has 1 aliphatic heterocycles. The Morgan fingerprint density at radius 2 is 2.20 bits per heavy atom. The molecule has 1 aliphatic rings. The van der Waals surface area contributed by atoms with Crippen molar-refractivity contribution in [3.8, 4) is 0 Å². The third-order valence-corrected chi connectivity index (χ3v) is 2.41. The number of hydrogen-bond donors (Lipinski definition) is 1. The molecule has 0 aromatic carbocycles. The quantitative estimate of drug-likeness (QED) is 0.719. The fourth-order valence-corrected chi connectivity index (χ4v) is 1.55. The molecule has 1 N–H and O–H groups in total. The molecule has 1 saturated heterocycles. The van der Waals surface area contributed by atoms with Gasteiger partial charge < -0.3 is 10.1 Å². The number of ether oxygens (including phenoxy) is 1. The number of hydrogen-bond acceptors (Lipinski definition) is 3. The predicted octanol–water partition coefficient (Wildman–Crippen LogP) is 0.859. The van der Waals surface area contributed by atoms with Crippen molar-refractivity contribution in [3.63, 3.8) is 0 Å². The highest BCUT2D eigenvalue weighted by Crippen LogP contribution is 2.12. The van der Waals surface area contributed by atoms with Gasteiger partial charge in [0, 0.05) is 25.7 Å². The lowest BCUT2D eigenvalue weighted by Gasteiger charge is -2.33. The van der Waals surface area contributed by atoms with Crippen LogP contribution in [0.25, 0.3) is 0 Å². The standard InChI is InChI=1S/C9H17F3N2O/c1-8-6-15-5-4-14(8)3-2-13-7-9(10,11)12/h8,13H,2-7H2,1H3. The van der Waals surface area contributed by atoms with E-state index in [1.807, 2.05) is 6.92 Å². The van der Waals surface area contributed by atoms with Gasteiger partial charge in [-0.1, -0.05) is 0 Å². The van der Waals surface area contributed by atoms with Crippen LogP contribution in [0.15, 0.2) is 0 Å².